The molecule has 0 spiro atoms. The number of benzene rings is 3. The van der Waals surface area contributed by atoms with Crippen LogP contribution in [-0.4, -0.2) is 11.8 Å². The van der Waals surface area contributed by atoms with Gasteiger partial charge in [0.1, 0.15) is 0 Å². The molecule has 0 radical (unpaired) electrons. The molecule has 0 aromatic heterocycles. The predicted octanol–water partition coefficient (Wildman–Crippen LogP) is 4.08. The average Bonchev–Trinajstić information content (AvgIpc) is 2.62. The molecular formula is C21H19N3O2. The molecule has 0 fully saturated rings. The van der Waals surface area contributed by atoms with Gasteiger partial charge in [0, 0.05) is 28.2 Å². The van der Waals surface area contributed by atoms with E-state index in [1.807, 2.05) is 31.2 Å². The number of rotatable bonds is 4. The number of anilines is 3. The molecule has 26 heavy (non-hydrogen) atoms. The number of nitrogens with two attached hydrogens (primary N) is 1. The molecule has 0 atom stereocenters. The largest absolute Gasteiger partial charge is 0.399 e. The summed E-state index contributed by atoms with van der Waals surface area (Å²) in [5.41, 5.74) is 9.62. The summed E-state index contributed by atoms with van der Waals surface area (Å²) in [6.45, 7) is 1.97. The highest BCUT2D eigenvalue weighted by Crippen LogP contribution is 2.15. The summed E-state index contributed by atoms with van der Waals surface area (Å²) in [6.07, 6.45) is 0. The van der Waals surface area contributed by atoms with Gasteiger partial charge >= 0.3 is 0 Å². The number of carbonyl (C=O) groups excluding carboxylic acids is 2. The summed E-state index contributed by atoms with van der Waals surface area (Å²) in [5.74, 6) is -0.460. The average molecular weight is 345 g/mol. The molecule has 3 aromatic rings. The van der Waals surface area contributed by atoms with Crippen LogP contribution in [0.15, 0.2) is 72.8 Å². The van der Waals surface area contributed by atoms with Crippen LogP contribution in [-0.2, 0) is 0 Å². The van der Waals surface area contributed by atoms with Crippen LogP contribution in [0, 0.1) is 6.92 Å². The molecule has 0 saturated heterocycles. The maximum absolute atomic E-state index is 12.3. The van der Waals surface area contributed by atoms with Crippen molar-refractivity contribution >= 4 is 28.9 Å². The Bertz CT molecular complexity index is 949. The van der Waals surface area contributed by atoms with Gasteiger partial charge in [0.05, 0.1) is 0 Å². The van der Waals surface area contributed by atoms with E-state index in [0.29, 0.717) is 22.5 Å². The number of aryl methyl sites for hydroxylation is 1. The molecule has 130 valence electrons. The van der Waals surface area contributed by atoms with Gasteiger partial charge in [-0.15, -0.1) is 0 Å². The topological polar surface area (TPSA) is 84.2 Å². The fourth-order valence-corrected chi connectivity index (χ4v) is 2.51. The van der Waals surface area contributed by atoms with Crippen LogP contribution in [0.1, 0.15) is 26.3 Å². The summed E-state index contributed by atoms with van der Waals surface area (Å²) >= 11 is 0. The van der Waals surface area contributed by atoms with Crippen molar-refractivity contribution in [2.24, 2.45) is 0 Å². The van der Waals surface area contributed by atoms with Crippen LogP contribution in [0.4, 0.5) is 17.1 Å². The molecule has 0 aliphatic carbocycles. The Morgan fingerprint density at radius 1 is 0.731 bits per heavy atom. The number of carbonyl (C=O) groups is 2. The van der Waals surface area contributed by atoms with Gasteiger partial charge in [0.2, 0.25) is 0 Å². The molecule has 0 heterocycles. The van der Waals surface area contributed by atoms with Crippen LogP contribution in [0.3, 0.4) is 0 Å². The maximum Gasteiger partial charge on any atom is 0.255 e. The molecule has 4 N–H and O–H groups in total. The van der Waals surface area contributed by atoms with E-state index in [2.05, 4.69) is 10.6 Å². The Morgan fingerprint density at radius 2 is 1.38 bits per heavy atom. The van der Waals surface area contributed by atoms with E-state index < -0.39 is 0 Å². The molecule has 0 saturated carbocycles. The molecule has 3 rings (SSSR count). The van der Waals surface area contributed by atoms with Crippen molar-refractivity contribution in [3.8, 4) is 0 Å². The van der Waals surface area contributed by atoms with Crippen molar-refractivity contribution in [2.75, 3.05) is 16.4 Å². The van der Waals surface area contributed by atoms with E-state index in [-0.39, 0.29) is 11.8 Å². The quantitative estimate of drug-likeness (QED) is 0.623. The monoisotopic (exact) mass is 345 g/mol. The fraction of sp³-hybridized carbons (Fsp3) is 0.0476. The lowest BCUT2D eigenvalue weighted by molar-refractivity contribution is 0.102. The van der Waals surface area contributed by atoms with Crippen molar-refractivity contribution in [2.45, 2.75) is 6.92 Å². The molecule has 3 aromatic carbocycles. The second kappa shape index (κ2) is 7.53. The van der Waals surface area contributed by atoms with E-state index >= 15 is 0 Å². The summed E-state index contributed by atoms with van der Waals surface area (Å²) in [4.78, 5) is 24.5. The number of nitrogen functional groups attached to an aromatic ring is 1. The lowest BCUT2D eigenvalue weighted by Crippen LogP contribution is -2.14. The minimum absolute atomic E-state index is 0.204. The third-order valence-corrected chi connectivity index (χ3v) is 3.83. The zero-order valence-electron chi connectivity index (χ0n) is 14.3. The zero-order chi connectivity index (χ0) is 18.5. The van der Waals surface area contributed by atoms with Crippen LogP contribution in [0.25, 0.3) is 0 Å². The van der Waals surface area contributed by atoms with Gasteiger partial charge in [-0.3, -0.25) is 9.59 Å². The van der Waals surface area contributed by atoms with Crippen LogP contribution in [0.2, 0.25) is 0 Å². The fourth-order valence-electron chi connectivity index (χ4n) is 2.51. The molecule has 0 aliphatic rings. The molecule has 2 amide bonds. The highest BCUT2D eigenvalue weighted by atomic mass is 16.2. The Labute approximate surface area is 151 Å². The van der Waals surface area contributed by atoms with E-state index in [0.717, 1.165) is 11.3 Å². The maximum atomic E-state index is 12.3. The molecule has 5 heteroatoms. The SMILES string of the molecule is Cc1cccc(NC(=O)c2ccc(NC(=O)c3cccc(N)c3)cc2)c1. The number of amides is 2. The van der Waals surface area contributed by atoms with Gasteiger partial charge in [0.25, 0.3) is 11.8 Å². The number of hydrogen-bond donors (Lipinski definition) is 3. The molecule has 0 bridgehead atoms. The van der Waals surface area contributed by atoms with Crippen molar-refractivity contribution in [3.63, 3.8) is 0 Å². The third kappa shape index (κ3) is 4.27. The standard InChI is InChI=1S/C21H19N3O2/c1-14-4-2-7-19(12-14)24-20(25)15-8-10-18(11-9-15)23-21(26)16-5-3-6-17(22)13-16/h2-13H,22H2,1H3,(H,23,26)(H,24,25). The van der Waals surface area contributed by atoms with Crippen LogP contribution < -0.4 is 16.4 Å². The van der Waals surface area contributed by atoms with Crippen molar-refractivity contribution in [1.82, 2.24) is 0 Å². The smallest absolute Gasteiger partial charge is 0.255 e. The van der Waals surface area contributed by atoms with Gasteiger partial charge < -0.3 is 16.4 Å². The number of nitrogens with one attached hydrogen (secondary N) is 2. The Morgan fingerprint density at radius 3 is 2.08 bits per heavy atom. The highest BCUT2D eigenvalue weighted by molar-refractivity contribution is 6.06. The van der Waals surface area contributed by atoms with Gasteiger partial charge in [-0.2, -0.15) is 0 Å². The second-order valence-electron chi connectivity index (χ2n) is 5.98. The van der Waals surface area contributed by atoms with Crippen LogP contribution >= 0.6 is 0 Å². The van der Waals surface area contributed by atoms with E-state index in [1.165, 1.54) is 0 Å². The summed E-state index contributed by atoms with van der Waals surface area (Å²) < 4.78 is 0. The first-order valence-electron chi connectivity index (χ1n) is 8.16. The Hall–Kier alpha value is -3.60. The van der Waals surface area contributed by atoms with Crippen molar-refractivity contribution in [3.05, 3.63) is 89.5 Å². The predicted molar refractivity (Wildman–Crippen MR) is 104 cm³/mol. The number of hydrogen-bond acceptors (Lipinski definition) is 3. The molecule has 5 nitrogen and oxygen atoms in total. The first-order valence-corrected chi connectivity index (χ1v) is 8.16. The second-order valence-corrected chi connectivity index (χ2v) is 5.98. The van der Waals surface area contributed by atoms with Crippen molar-refractivity contribution in [1.29, 1.82) is 0 Å². The van der Waals surface area contributed by atoms with Crippen molar-refractivity contribution < 1.29 is 9.59 Å². The van der Waals surface area contributed by atoms with Crippen LogP contribution in [0.5, 0.6) is 0 Å². The van der Waals surface area contributed by atoms with Gasteiger partial charge in [-0.25, -0.2) is 0 Å². The minimum Gasteiger partial charge on any atom is -0.399 e. The first-order chi connectivity index (χ1) is 12.5. The van der Waals surface area contributed by atoms with E-state index in [4.69, 9.17) is 5.73 Å². The van der Waals surface area contributed by atoms with E-state index in [1.54, 1.807) is 48.5 Å². The summed E-state index contributed by atoms with van der Waals surface area (Å²) in [5, 5.41) is 5.63. The lowest BCUT2D eigenvalue weighted by Gasteiger charge is -2.08. The minimum atomic E-state index is -0.255. The van der Waals surface area contributed by atoms with Gasteiger partial charge in [-0.1, -0.05) is 18.2 Å². The molecule has 0 unspecified atom stereocenters. The zero-order valence-corrected chi connectivity index (χ0v) is 14.3. The highest BCUT2D eigenvalue weighted by Gasteiger charge is 2.09. The third-order valence-electron chi connectivity index (χ3n) is 3.83. The Kier molecular flexibility index (Phi) is 4.99. The summed E-state index contributed by atoms with van der Waals surface area (Å²) in [6, 6.07) is 21.1. The van der Waals surface area contributed by atoms with Gasteiger partial charge in [-0.05, 0) is 67.1 Å². The Balaban J connectivity index is 1.66. The lowest BCUT2D eigenvalue weighted by atomic mass is 10.1. The first kappa shape index (κ1) is 17.2. The molecular weight excluding hydrogens is 326 g/mol. The summed E-state index contributed by atoms with van der Waals surface area (Å²) in [7, 11) is 0. The normalized spacial score (nSPS) is 10.2. The molecule has 0 aliphatic heterocycles. The van der Waals surface area contributed by atoms with E-state index in [9.17, 15) is 9.59 Å². The van der Waals surface area contributed by atoms with Gasteiger partial charge in [0.15, 0.2) is 0 Å².